The highest BCUT2D eigenvalue weighted by Crippen LogP contribution is 2.23. The van der Waals surface area contributed by atoms with Crippen molar-refractivity contribution in [3.8, 4) is 17.0 Å². The first kappa shape index (κ1) is 18.6. The van der Waals surface area contributed by atoms with Crippen LogP contribution in [0, 0.1) is 6.92 Å². The van der Waals surface area contributed by atoms with Gasteiger partial charge in [-0.05, 0) is 37.3 Å². The second-order valence-electron chi connectivity index (χ2n) is 7.10. The zero-order chi connectivity index (χ0) is 19.5. The highest BCUT2D eigenvalue weighted by molar-refractivity contribution is 6.30. The number of ether oxygens (including phenoxy) is 1. The van der Waals surface area contributed by atoms with Crippen molar-refractivity contribution in [3.63, 3.8) is 0 Å². The summed E-state index contributed by atoms with van der Waals surface area (Å²) in [5, 5.41) is 7.88. The highest BCUT2D eigenvalue weighted by atomic mass is 35.5. The van der Waals surface area contributed by atoms with Crippen molar-refractivity contribution >= 4 is 17.5 Å². The van der Waals surface area contributed by atoms with E-state index >= 15 is 0 Å². The van der Waals surface area contributed by atoms with E-state index in [1.165, 1.54) is 5.56 Å². The van der Waals surface area contributed by atoms with E-state index in [1.54, 1.807) is 0 Å². The number of benzene rings is 2. The molecule has 3 aromatic rings. The van der Waals surface area contributed by atoms with Crippen molar-refractivity contribution in [1.82, 2.24) is 15.1 Å². The number of H-pyrrole nitrogens is 1. The molecule has 0 radical (unpaired) electrons. The molecule has 0 aliphatic carbocycles. The predicted octanol–water partition coefficient (Wildman–Crippen LogP) is 4.72. The van der Waals surface area contributed by atoms with Crippen LogP contribution in [0.25, 0.3) is 11.3 Å². The van der Waals surface area contributed by atoms with Crippen molar-refractivity contribution in [2.45, 2.75) is 25.9 Å². The number of nitrogens with one attached hydrogen (secondary N) is 1. The first-order valence-corrected chi connectivity index (χ1v) is 9.80. The molecule has 0 unspecified atom stereocenters. The molecule has 1 amide bonds. The van der Waals surface area contributed by atoms with Gasteiger partial charge < -0.3 is 9.64 Å². The monoisotopic (exact) mass is 395 g/mol. The molecule has 6 heteroatoms. The third-order valence-electron chi connectivity index (χ3n) is 5.00. The molecule has 1 aliphatic rings. The SMILES string of the molecule is Cc1ccc(-c2cc(C(=O)N3CCC(Oc4ccc(Cl)cc4)CC3)[nH]n2)cc1. The minimum atomic E-state index is -0.0178. The van der Waals surface area contributed by atoms with E-state index < -0.39 is 0 Å². The fourth-order valence-electron chi connectivity index (χ4n) is 3.36. The summed E-state index contributed by atoms with van der Waals surface area (Å²) >= 11 is 5.91. The van der Waals surface area contributed by atoms with Crippen LogP contribution in [0.3, 0.4) is 0 Å². The third-order valence-corrected chi connectivity index (χ3v) is 5.25. The van der Waals surface area contributed by atoms with Gasteiger partial charge >= 0.3 is 0 Å². The van der Waals surface area contributed by atoms with E-state index in [-0.39, 0.29) is 12.0 Å². The lowest BCUT2D eigenvalue weighted by Gasteiger charge is -2.31. The number of hydrogen-bond donors (Lipinski definition) is 1. The molecule has 1 aliphatic heterocycles. The van der Waals surface area contributed by atoms with Crippen molar-refractivity contribution < 1.29 is 9.53 Å². The largest absolute Gasteiger partial charge is 0.490 e. The topological polar surface area (TPSA) is 58.2 Å². The molecule has 4 rings (SSSR count). The molecule has 0 spiro atoms. The number of halogens is 1. The zero-order valence-corrected chi connectivity index (χ0v) is 16.4. The minimum Gasteiger partial charge on any atom is -0.490 e. The number of likely N-dealkylation sites (tertiary alicyclic amines) is 1. The lowest BCUT2D eigenvalue weighted by Crippen LogP contribution is -2.41. The molecule has 1 fully saturated rings. The maximum Gasteiger partial charge on any atom is 0.271 e. The third kappa shape index (κ3) is 4.20. The van der Waals surface area contributed by atoms with E-state index in [9.17, 15) is 4.79 Å². The summed E-state index contributed by atoms with van der Waals surface area (Å²) in [7, 11) is 0. The molecule has 0 saturated carbocycles. The predicted molar refractivity (Wildman–Crippen MR) is 110 cm³/mol. The lowest BCUT2D eigenvalue weighted by atomic mass is 10.1. The average Bonchev–Trinajstić information content (AvgIpc) is 3.20. The molecule has 2 heterocycles. The van der Waals surface area contributed by atoms with Crippen LogP contribution in [0.4, 0.5) is 0 Å². The van der Waals surface area contributed by atoms with E-state index in [2.05, 4.69) is 10.2 Å². The van der Waals surface area contributed by atoms with Gasteiger partial charge in [-0.15, -0.1) is 0 Å². The van der Waals surface area contributed by atoms with E-state index in [4.69, 9.17) is 16.3 Å². The summed E-state index contributed by atoms with van der Waals surface area (Å²) in [5.41, 5.74) is 3.49. The van der Waals surface area contributed by atoms with Crippen molar-refractivity contribution in [2.75, 3.05) is 13.1 Å². The van der Waals surface area contributed by atoms with Crippen LogP contribution in [0.15, 0.2) is 54.6 Å². The van der Waals surface area contributed by atoms with Gasteiger partial charge in [0.1, 0.15) is 17.5 Å². The van der Waals surface area contributed by atoms with E-state index in [0.29, 0.717) is 23.8 Å². The van der Waals surface area contributed by atoms with Gasteiger partial charge in [0, 0.05) is 36.5 Å². The second kappa shape index (κ2) is 8.07. The summed E-state index contributed by atoms with van der Waals surface area (Å²) in [5.74, 6) is 0.793. The summed E-state index contributed by atoms with van der Waals surface area (Å²) in [6.07, 6.45) is 1.70. The average molecular weight is 396 g/mol. The number of aryl methyl sites for hydroxylation is 1. The Balaban J connectivity index is 1.35. The van der Waals surface area contributed by atoms with Gasteiger partial charge in [0.2, 0.25) is 0 Å². The molecule has 0 atom stereocenters. The van der Waals surface area contributed by atoms with Crippen molar-refractivity contribution in [1.29, 1.82) is 0 Å². The molecule has 144 valence electrons. The smallest absolute Gasteiger partial charge is 0.271 e. The number of amides is 1. The number of rotatable bonds is 4. The summed E-state index contributed by atoms with van der Waals surface area (Å²) in [4.78, 5) is 14.7. The Morgan fingerprint density at radius 1 is 1.11 bits per heavy atom. The number of piperidine rings is 1. The Kier molecular flexibility index (Phi) is 5.35. The first-order valence-electron chi connectivity index (χ1n) is 9.42. The van der Waals surface area contributed by atoms with Crippen molar-refractivity contribution in [2.24, 2.45) is 0 Å². The van der Waals surface area contributed by atoms with Gasteiger partial charge in [-0.25, -0.2) is 0 Å². The number of hydrogen-bond acceptors (Lipinski definition) is 3. The quantitative estimate of drug-likeness (QED) is 0.695. The van der Waals surface area contributed by atoms with Crippen LogP contribution in [0.2, 0.25) is 5.02 Å². The van der Waals surface area contributed by atoms with Gasteiger partial charge in [-0.3, -0.25) is 9.89 Å². The Morgan fingerprint density at radius 3 is 2.46 bits per heavy atom. The molecular weight excluding hydrogens is 374 g/mol. The Morgan fingerprint density at radius 2 is 1.79 bits per heavy atom. The fraction of sp³-hybridized carbons (Fsp3) is 0.273. The Bertz CT molecular complexity index is 943. The number of nitrogens with zero attached hydrogens (tertiary/aromatic N) is 2. The molecule has 5 nitrogen and oxygen atoms in total. The van der Waals surface area contributed by atoms with Gasteiger partial charge in [0.25, 0.3) is 5.91 Å². The number of aromatic amines is 1. The Labute approximate surface area is 169 Å². The second-order valence-corrected chi connectivity index (χ2v) is 7.53. The highest BCUT2D eigenvalue weighted by Gasteiger charge is 2.26. The fourth-order valence-corrected chi connectivity index (χ4v) is 3.48. The maximum atomic E-state index is 12.8. The number of carbonyl (C=O) groups is 1. The molecule has 0 bridgehead atoms. The number of aromatic nitrogens is 2. The summed E-state index contributed by atoms with van der Waals surface area (Å²) in [6.45, 7) is 3.37. The molecule has 2 aromatic carbocycles. The molecule has 1 saturated heterocycles. The van der Waals surface area contributed by atoms with Gasteiger partial charge in [-0.2, -0.15) is 5.10 Å². The summed E-state index contributed by atoms with van der Waals surface area (Å²) < 4.78 is 6.00. The normalized spacial score (nSPS) is 14.9. The van der Waals surface area contributed by atoms with Crippen molar-refractivity contribution in [3.05, 3.63) is 70.9 Å². The minimum absolute atomic E-state index is 0.0178. The molecule has 28 heavy (non-hydrogen) atoms. The van der Waals surface area contributed by atoms with E-state index in [1.807, 2.05) is 66.4 Å². The number of carbonyl (C=O) groups excluding carboxylic acids is 1. The molecule has 1 aromatic heterocycles. The maximum absolute atomic E-state index is 12.8. The van der Waals surface area contributed by atoms with Gasteiger partial charge in [0.05, 0.1) is 5.69 Å². The summed E-state index contributed by atoms with van der Waals surface area (Å²) in [6, 6.07) is 17.3. The van der Waals surface area contributed by atoms with Crippen LogP contribution in [0.1, 0.15) is 28.9 Å². The van der Waals surface area contributed by atoms with Crippen LogP contribution in [-0.2, 0) is 0 Å². The van der Waals surface area contributed by atoms with Crippen LogP contribution in [0.5, 0.6) is 5.75 Å². The first-order chi connectivity index (χ1) is 13.6. The molecule has 1 N–H and O–H groups in total. The lowest BCUT2D eigenvalue weighted by molar-refractivity contribution is 0.0590. The standard InChI is InChI=1S/C22H22ClN3O2/c1-15-2-4-16(5-3-15)20-14-21(25-24-20)22(27)26-12-10-19(11-13-26)28-18-8-6-17(23)7-9-18/h2-9,14,19H,10-13H2,1H3,(H,24,25). The van der Waals surface area contributed by atoms with Crippen LogP contribution < -0.4 is 4.74 Å². The zero-order valence-electron chi connectivity index (χ0n) is 15.7. The molecular formula is C22H22ClN3O2. The van der Waals surface area contributed by atoms with Gasteiger partial charge in [0.15, 0.2) is 0 Å². The van der Waals surface area contributed by atoms with Gasteiger partial charge in [-0.1, -0.05) is 41.4 Å². The Hall–Kier alpha value is -2.79. The van der Waals surface area contributed by atoms with E-state index in [0.717, 1.165) is 29.8 Å². The van der Waals surface area contributed by atoms with Crippen LogP contribution >= 0.6 is 11.6 Å². The van der Waals surface area contributed by atoms with Crippen LogP contribution in [-0.4, -0.2) is 40.2 Å².